The predicted octanol–water partition coefficient (Wildman–Crippen LogP) is 2.10. The molecule has 1 saturated heterocycles. The van der Waals surface area contributed by atoms with E-state index in [0.29, 0.717) is 22.7 Å². The monoisotopic (exact) mass is 441 g/mol. The van der Waals surface area contributed by atoms with Crippen LogP contribution in [0.5, 0.6) is 0 Å². The summed E-state index contributed by atoms with van der Waals surface area (Å²) in [7, 11) is -4.16. The number of alkyl halides is 1. The first-order valence-electron chi connectivity index (χ1n) is 9.20. The lowest BCUT2D eigenvalue weighted by molar-refractivity contribution is 0.242. The van der Waals surface area contributed by atoms with E-state index in [2.05, 4.69) is 4.98 Å². The van der Waals surface area contributed by atoms with Crippen LogP contribution in [0, 0.1) is 12.7 Å². The lowest BCUT2D eigenvalue weighted by Crippen LogP contribution is -2.40. The average molecular weight is 441 g/mol. The molecule has 0 bridgehead atoms. The number of carbonyl (C=O) groups is 1. The molecular weight excluding hydrogens is 423 g/mol. The lowest BCUT2D eigenvalue weighted by atomic mass is 10.1. The van der Waals surface area contributed by atoms with Crippen molar-refractivity contribution < 1.29 is 30.8 Å². The van der Waals surface area contributed by atoms with Crippen LogP contribution in [-0.4, -0.2) is 41.7 Å². The molecular formula is C19H18F3N3O4S. The van der Waals surface area contributed by atoms with E-state index in [1.807, 2.05) is 0 Å². The van der Waals surface area contributed by atoms with Gasteiger partial charge in [-0.15, -0.1) is 0 Å². The molecule has 1 aromatic heterocycles. The fourth-order valence-corrected chi connectivity index (χ4v) is 5.35. The van der Waals surface area contributed by atoms with Crippen molar-refractivity contribution >= 4 is 33.3 Å². The summed E-state index contributed by atoms with van der Waals surface area (Å²) < 4.78 is 73.4. The summed E-state index contributed by atoms with van der Waals surface area (Å²) in [4.78, 5) is 17.8. The minimum Gasteiger partial charge on any atom is -0.441 e. The zero-order chi connectivity index (χ0) is 21.8. The van der Waals surface area contributed by atoms with Gasteiger partial charge in [0.15, 0.2) is 17.6 Å². The number of hydrogen-bond donors (Lipinski definition) is 0. The highest BCUT2D eigenvalue weighted by atomic mass is 32.2. The summed E-state index contributed by atoms with van der Waals surface area (Å²) in [6, 6.07) is 2.08. The molecule has 0 N–H and O–H groups in total. The molecule has 160 valence electrons. The van der Waals surface area contributed by atoms with E-state index >= 15 is 0 Å². The second kappa shape index (κ2) is 7.15. The van der Waals surface area contributed by atoms with Gasteiger partial charge in [-0.3, -0.25) is 4.90 Å². The van der Waals surface area contributed by atoms with Crippen LogP contribution in [0.3, 0.4) is 0 Å². The summed E-state index contributed by atoms with van der Waals surface area (Å²) in [6.07, 6.45) is 1.56. The molecule has 2 heterocycles. The highest BCUT2D eigenvalue weighted by Crippen LogP contribution is 2.40. The van der Waals surface area contributed by atoms with Gasteiger partial charge in [0.05, 0.1) is 17.0 Å². The van der Waals surface area contributed by atoms with Crippen molar-refractivity contribution in [3.63, 3.8) is 0 Å². The molecule has 1 unspecified atom stereocenters. The van der Waals surface area contributed by atoms with Crippen molar-refractivity contribution in [1.82, 2.24) is 9.29 Å². The number of oxazole rings is 1. The quantitative estimate of drug-likeness (QED) is 0.726. The van der Waals surface area contributed by atoms with Gasteiger partial charge in [-0.1, -0.05) is 6.07 Å². The third-order valence-electron chi connectivity index (χ3n) is 5.12. The fraction of sp³-hybridized carbons (Fsp3) is 0.368. The molecule has 2 aromatic rings. The Morgan fingerprint density at radius 2 is 2.03 bits per heavy atom. The molecule has 7 nitrogen and oxygen atoms in total. The number of nitrogens with zero attached hydrogens (tertiary/aromatic N) is 3. The lowest BCUT2D eigenvalue weighted by Gasteiger charge is -2.20. The Bertz CT molecular complexity index is 1250. The second-order valence-corrected chi connectivity index (χ2v) is 9.31. The molecule has 1 saturated carbocycles. The van der Waals surface area contributed by atoms with Crippen LogP contribution >= 0.6 is 0 Å². The highest BCUT2D eigenvalue weighted by Gasteiger charge is 2.53. The van der Waals surface area contributed by atoms with Gasteiger partial charge < -0.3 is 4.42 Å². The Balaban J connectivity index is 2.02. The van der Waals surface area contributed by atoms with E-state index in [9.17, 15) is 26.4 Å². The smallest absolute Gasteiger partial charge is 0.343 e. The van der Waals surface area contributed by atoms with Gasteiger partial charge in [0.1, 0.15) is 23.5 Å². The van der Waals surface area contributed by atoms with Crippen molar-refractivity contribution in [1.29, 1.82) is 0 Å². The largest absolute Gasteiger partial charge is 0.441 e. The molecule has 1 aromatic carbocycles. The van der Waals surface area contributed by atoms with Crippen LogP contribution < -0.4 is 15.7 Å². The Labute approximate surface area is 170 Å². The zero-order valence-corrected chi connectivity index (χ0v) is 16.9. The highest BCUT2D eigenvalue weighted by molar-refractivity contribution is 7.90. The van der Waals surface area contributed by atoms with Crippen LogP contribution in [0.4, 0.5) is 23.7 Å². The van der Waals surface area contributed by atoms with Crippen LogP contribution in [0.1, 0.15) is 25.3 Å². The molecule has 1 aliphatic heterocycles. The van der Waals surface area contributed by atoms with Crippen molar-refractivity contribution in [2.45, 2.75) is 38.0 Å². The van der Waals surface area contributed by atoms with Gasteiger partial charge in [-0.25, -0.2) is 31.4 Å². The summed E-state index contributed by atoms with van der Waals surface area (Å²) in [5.74, 6) is -1.99. The number of aromatic nitrogens is 1. The van der Waals surface area contributed by atoms with Gasteiger partial charge >= 0.3 is 6.03 Å². The van der Waals surface area contributed by atoms with Crippen molar-refractivity contribution in [3.05, 3.63) is 46.7 Å². The summed E-state index contributed by atoms with van der Waals surface area (Å²) in [5.41, 5.74) is -0.146. The molecule has 0 radical (unpaired) electrons. The number of benzene rings is 1. The van der Waals surface area contributed by atoms with Gasteiger partial charge in [0.2, 0.25) is 10.0 Å². The maximum absolute atomic E-state index is 14.7. The number of halogens is 3. The standard InChI is InChI=1S/C19H18F3N3O4S/c1-10-3-6-15(13(21)7-10)24-11(2)17(18-16(14(22)8-20)23-9-29-18)25(19(24)26)30(27,28)12-4-5-12/h3,6-7,9,11-12H,4-5,8H2,1-2H3/b16-14-,18-17-. The maximum Gasteiger partial charge on any atom is 0.343 e. The topological polar surface area (TPSA) is 83.7 Å². The number of amides is 2. The first-order chi connectivity index (χ1) is 14.2. The average Bonchev–Trinajstić information content (AvgIpc) is 3.39. The second-order valence-electron chi connectivity index (χ2n) is 7.25. The predicted molar refractivity (Wildman–Crippen MR) is 102 cm³/mol. The SMILES string of the molecule is Cc1ccc(N2C(=O)N(S(=O)(=O)C3CC3)/C(=c3\ocn\c3=C(/F)CF)C2C)c(F)c1. The molecule has 2 amide bonds. The molecule has 11 heteroatoms. The first kappa shape index (κ1) is 20.5. The van der Waals surface area contributed by atoms with Crippen LogP contribution in [0.15, 0.2) is 29.0 Å². The van der Waals surface area contributed by atoms with Crippen molar-refractivity contribution in [3.8, 4) is 0 Å². The van der Waals surface area contributed by atoms with Gasteiger partial charge in [0.25, 0.3) is 0 Å². The molecule has 0 spiro atoms. The summed E-state index contributed by atoms with van der Waals surface area (Å²) >= 11 is 0. The number of urea groups is 1. The van der Waals surface area contributed by atoms with E-state index in [-0.39, 0.29) is 16.8 Å². The number of anilines is 1. The van der Waals surface area contributed by atoms with Crippen molar-refractivity contribution in [2.24, 2.45) is 0 Å². The van der Waals surface area contributed by atoms with E-state index in [0.717, 1.165) is 11.3 Å². The number of aryl methyl sites for hydroxylation is 1. The number of rotatable bonds is 4. The molecule has 2 aliphatic rings. The molecule has 1 atom stereocenters. The molecule has 2 fully saturated rings. The third kappa shape index (κ3) is 3.08. The minimum atomic E-state index is -4.16. The Hall–Kier alpha value is -2.82. The number of sulfonamides is 1. The summed E-state index contributed by atoms with van der Waals surface area (Å²) in [6.45, 7) is 1.63. The zero-order valence-electron chi connectivity index (χ0n) is 16.1. The maximum atomic E-state index is 14.7. The van der Waals surface area contributed by atoms with E-state index in [1.165, 1.54) is 19.1 Å². The number of hydrogen-bond acceptors (Lipinski definition) is 5. The van der Waals surface area contributed by atoms with Crippen molar-refractivity contribution in [2.75, 3.05) is 11.6 Å². The Morgan fingerprint density at radius 1 is 1.33 bits per heavy atom. The molecule has 30 heavy (non-hydrogen) atoms. The van der Waals surface area contributed by atoms with Crippen LogP contribution in [0.2, 0.25) is 0 Å². The Kier molecular flexibility index (Phi) is 4.88. The minimum absolute atomic E-state index is 0.139. The van der Waals surface area contributed by atoms with Gasteiger partial charge in [0, 0.05) is 0 Å². The number of carbonyl (C=O) groups excluding carboxylic acids is 1. The van der Waals surface area contributed by atoms with Crippen LogP contribution in [-0.2, 0) is 10.0 Å². The van der Waals surface area contributed by atoms with Gasteiger partial charge in [-0.2, -0.15) is 4.31 Å². The summed E-state index contributed by atoms with van der Waals surface area (Å²) in [5, 5.41) is -1.32. The molecule has 1 aliphatic carbocycles. The fourth-order valence-electron chi connectivity index (χ4n) is 3.50. The van der Waals surface area contributed by atoms with Crippen LogP contribution in [0.25, 0.3) is 11.5 Å². The van der Waals surface area contributed by atoms with E-state index < -0.39 is 51.0 Å². The normalized spacial score (nSPS) is 22.7. The van der Waals surface area contributed by atoms with Gasteiger partial charge in [-0.05, 0) is 44.4 Å². The van der Waals surface area contributed by atoms with E-state index in [1.54, 1.807) is 13.0 Å². The van der Waals surface area contributed by atoms with E-state index in [4.69, 9.17) is 4.42 Å². The Morgan fingerprint density at radius 3 is 2.63 bits per heavy atom. The first-order valence-corrected chi connectivity index (χ1v) is 10.7. The third-order valence-corrected chi connectivity index (χ3v) is 7.29. The molecule has 4 rings (SSSR count).